The van der Waals surface area contributed by atoms with Crippen molar-refractivity contribution < 1.29 is 22.8 Å². The minimum atomic E-state index is -4.51. The predicted molar refractivity (Wildman–Crippen MR) is 105 cm³/mol. The largest absolute Gasteiger partial charge is 0.416 e. The first-order chi connectivity index (χ1) is 14.8. The molecule has 1 aliphatic rings. The number of aromatic nitrogens is 3. The lowest BCUT2D eigenvalue weighted by Gasteiger charge is -2.18. The molecule has 0 radical (unpaired) electrons. The molecule has 0 spiro atoms. The number of pyridine rings is 1. The Morgan fingerprint density at radius 2 is 2.00 bits per heavy atom. The summed E-state index contributed by atoms with van der Waals surface area (Å²) in [4.78, 5) is 30.5. The van der Waals surface area contributed by atoms with Crippen LogP contribution in [0.15, 0.2) is 61.1 Å². The second-order valence-corrected chi connectivity index (χ2v) is 7.11. The lowest BCUT2D eigenvalue weighted by atomic mass is 10.1. The lowest BCUT2D eigenvalue weighted by molar-refractivity contribution is -0.137. The van der Waals surface area contributed by atoms with Crippen molar-refractivity contribution in [2.45, 2.75) is 19.1 Å². The Hall–Kier alpha value is -3.69. The summed E-state index contributed by atoms with van der Waals surface area (Å²) in [7, 11) is 0. The number of carbonyl (C=O) groups excluding carboxylic acids is 2. The first kappa shape index (κ1) is 20.6. The van der Waals surface area contributed by atoms with E-state index in [-0.39, 0.29) is 31.1 Å². The molecule has 2 aromatic heterocycles. The number of hydrogen-bond acceptors (Lipinski definition) is 4. The van der Waals surface area contributed by atoms with Gasteiger partial charge in [0.2, 0.25) is 11.8 Å². The fraction of sp³-hybridized carbons (Fsp3) is 0.238. The Bertz CT molecular complexity index is 1100. The van der Waals surface area contributed by atoms with Gasteiger partial charge < -0.3 is 10.2 Å². The molecule has 0 bridgehead atoms. The number of nitrogens with zero attached hydrogens (tertiary/aromatic N) is 4. The maximum atomic E-state index is 13.0. The topological polar surface area (TPSA) is 80.1 Å². The van der Waals surface area contributed by atoms with Crippen LogP contribution in [-0.4, -0.2) is 33.1 Å². The van der Waals surface area contributed by atoms with E-state index in [0.717, 1.165) is 17.7 Å². The van der Waals surface area contributed by atoms with Gasteiger partial charge in [0.25, 0.3) is 0 Å². The number of benzene rings is 1. The number of hydrogen-bond donors (Lipinski definition) is 1. The summed E-state index contributed by atoms with van der Waals surface area (Å²) in [5.41, 5.74) is 0.0235. The molecule has 160 valence electrons. The quantitative estimate of drug-likeness (QED) is 0.676. The maximum absolute atomic E-state index is 13.0. The van der Waals surface area contributed by atoms with E-state index < -0.39 is 23.6 Å². The molecule has 3 heterocycles. The highest BCUT2D eigenvalue weighted by Gasteiger charge is 2.36. The van der Waals surface area contributed by atoms with Crippen LogP contribution >= 0.6 is 0 Å². The minimum Gasteiger partial charge on any atom is -0.352 e. The van der Waals surface area contributed by atoms with Crippen LogP contribution in [0, 0.1) is 5.92 Å². The van der Waals surface area contributed by atoms with Gasteiger partial charge in [-0.1, -0.05) is 12.1 Å². The van der Waals surface area contributed by atoms with E-state index in [1.54, 1.807) is 41.5 Å². The standard InChI is InChI=1S/C21H18F3N5O2/c22-21(23,24)16-5-1-6-17(11-16)28-13-15(10-18(28)30)20(31)26-12-14-4-2-7-25-19(14)29-9-3-8-27-29/h1-9,11,15H,10,12-13H2,(H,26,31). The zero-order valence-corrected chi connectivity index (χ0v) is 16.2. The third-order valence-corrected chi connectivity index (χ3v) is 5.02. The van der Waals surface area contributed by atoms with E-state index in [0.29, 0.717) is 5.82 Å². The minimum absolute atomic E-state index is 0.0189. The van der Waals surface area contributed by atoms with Crippen molar-refractivity contribution in [1.29, 1.82) is 0 Å². The number of anilines is 1. The molecule has 31 heavy (non-hydrogen) atoms. The van der Waals surface area contributed by atoms with Crippen molar-refractivity contribution >= 4 is 17.5 Å². The van der Waals surface area contributed by atoms with E-state index in [1.165, 1.54) is 17.0 Å². The number of rotatable bonds is 5. The first-order valence-electron chi connectivity index (χ1n) is 9.52. The summed E-state index contributed by atoms with van der Waals surface area (Å²) in [6, 6.07) is 9.84. The Morgan fingerprint density at radius 3 is 2.74 bits per heavy atom. The third-order valence-electron chi connectivity index (χ3n) is 5.02. The van der Waals surface area contributed by atoms with Gasteiger partial charge in [0.05, 0.1) is 11.5 Å². The molecule has 10 heteroatoms. The molecule has 0 aliphatic carbocycles. The highest BCUT2D eigenvalue weighted by Crippen LogP contribution is 2.33. The van der Waals surface area contributed by atoms with Gasteiger partial charge >= 0.3 is 6.18 Å². The molecule has 1 aromatic carbocycles. The first-order valence-corrected chi connectivity index (χ1v) is 9.52. The molecule has 4 rings (SSSR count). The van der Waals surface area contributed by atoms with Gasteiger partial charge in [0.1, 0.15) is 0 Å². The van der Waals surface area contributed by atoms with Crippen LogP contribution < -0.4 is 10.2 Å². The van der Waals surface area contributed by atoms with E-state index in [4.69, 9.17) is 0 Å². The molecule has 1 fully saturated rings. The highest BCUT2D eigenvalue weighted by atomic mass is 19.4. The van der Waals surface area contributed by atoms with Gasteiger partial charge in [-0.25, -0.2) is 9.67 Å². The summed E-state index contributed by atoms with van der Waals surface area (Å²) in [6.07, 6.45) is 0.386. The molecular weight excluding hydrogens is 411 g/mol. The van der Waals surface area contributed by atoms with E-state index in [2.05, 4.69) is 15.4 Å². The molecule has 2 amide bonds. The van der Waals surface area contributed by atoms with E-state index in [1.807, 2.05) is 0 Å². The molecule has 3 aromatic rings. The second-order valence-electron chi connectivity index (χ2n) is 7.11. The Morgan fingerprint density at radius 1 is 1.16 bits per heavy atom. The normalized spacial score (nSPS) is 16.5. The van der Waals surface area contributed by atoms with Gasteiger partial charge in [0, 0.05) is 49.4 Å². The molecule has 1 saturated heterocycles. The molecule has 7 nitrogen and oxygen atoms in total. The van der Waals surface area contributed by atoms with Gasteiger partial charge in [-0.2, -0.15) is 18.3 Å². The summed E-state index contributed by atoms with van der Waals surface area (Å²) in [5.74, 6) is -0.830. The summed E-state index contributed by atoms with van der Waals surface area (Å²) in [6.45, 7) is 0.196. The van der Waals surface area contributed by atoms with Crippen LogP contribution in [-0.2, 0) is 22.3 Å². The summed E-state index contributed by atoms with van der Waals surface area (Å²) in [5, 5.41) is 6.93. The summed E-state index contributed by atoms with van der Waals surface area (Å²) < 4.78 is 40.5. The second kappa shape index (κ2) is 8.21. The number of halogens is 3. The van der Waals surface area contributed by atoms with Gasteiger partial charge in [0.15, 0.2) is 5.82 Å². The van der Waals surface area contributed by atoms with Crippen LogP contribution in [0.3, 0.4) is 0 Å². The van der Waals surface area contributed by atoms with Crippen molar-refractivity contribution in [3.05, 3.63) is 72.2 Å². The van der Waals surface area contributed by atoms with Crippen molar-refractivity contribution in [2.24, 2.45) is 5.92 Å². The SMILES string of the molecule is O=C(NCc1cccnc1-n1cccn1)C1CC(=O)N(c2cccc(C(F)(F)F)c2)C1. The monoisotopic (exact) mass is 429 g/mol. The molecule has 1 unspecified atom stereocenters. The maximum Gasteiger partial charge on any atom is 0.416 e. The third kappa shape index (κ3) is 4.42. The van der Waals surface area contributed by atoms with Crippen molar-refractivity contribution in [2.75, 3.05) is 11.4 Å². The van der Waals surface area contributed by atoms with Gasteiger partial charge in [-0.3, -0.25) is 9.59 Å². The van der Waals surface area contributed by atoms with Crippen LogP contribution in [0.25, 0.3) is 5.82 Å². The lowest BCUT2D eigenvalue weighted by Crippen LogP contribution is -2.33. The van der Waals surface area contributed by atoms with Crippen molar-refractivity contribution in [3.8, 4) is 5.82 Å². The van der Waals surface area contributed by atoms with Crippen LogP contribution in [0.5, 0.6) is 0 Å². The van der Waals surface area contributed by atoms with E-state index in [9.17, 15) is 22.8 Å². The van der Waals surface area contributed by atoms with Crippen molar-refractivity contribution in [3.63, 3.8) is 0 Å². The molecule has 1 aliphatic heterocycles. The number of carbonyl (C=O) groups is 2. The zero-order chi connectivity index (χ0) is 22.0. The predicted octanol–water partition coefficient (Wildman–Crippen LogP) is 2.96. The van der Waals surface area contributed by atoms with Crippen molar-refractivity contribution in [1.82, 2.24) is 20.1 Å². The zero-order valence-electron chi connectivity index (χ0n) is 16.2. The van der Waals surface area contributed by atoms with Crippen LogP contribution in [0.1, 0.15) is 17.5 Å². The van der Waals surface area contributed by atoms with Gasteiger partial charge in [-0.15, -0.1) is 0 Å². The number of alkyl halides is 3. The fourth-order valence-electron chi connectivity index (χ4n) is 3.48. The molecule has 0 saturated carbocycles. The average molecular weight is 429 g/mol. The molecule has 1 N–H and O–H groups in total. The average Bonchev–Trinajstić information content (AvgIpc) is 3.42. The number of amides is 2. The molecular formula is C21H18F3N5O2. The highest BCUT2D eigenvalue weighted by molar-refractivity contribution is 6.00. The summed E-state index contributed by atoms with van der Waals surface area (Å²) >= 11 is 0. The fourth-order valence-corrected chi connectivity index (χ4v) is 3.48. The van der Waals surface area contributed by atoms with E-state index >= 15 is 0 Å². The number of nitrogens with one attached hydrogen (secondary N) is 1. The Balaban J connectivity index is 1.43. The Labute approximate surface area is 175 Å². The smallest absolute Gasteiger partial charge is 0.352 e. The van der Waals surface area contributed by atoms with Crippen LogP contribution in [0.2, 0.25) is 0 Å². The van der Waals surface area contributed by atoms with Gasteiger partial charge in [-0.05, 0) is 30.3 Å². The molecule has 1 atom stereocenters. The Kier molecular flexibility index (Phi) is 5.45. The van der Waals surface area contributed by atoms with Crippen LogP contribution in [0.4, 0.5) is 18.9 Å².